The van der Waals surface area contributed by atoms with Crippen LogP contribution in [0.2, 0.25) is 0 Å². The summed E-state index contributed by atoms with van der Waals surface area (Å²) in [5.74, 6) is -1.21. The Bertz CT molecular complexity index is 2900. The first-order valence-electron chi connectivity index (χ1n) is 24.9. The lowest BCUT2D eigenvalue weighted by molar-refractivity contribution is -0.235. The molecule has 6 aromatic rings. The van der Waals surface area contributed by atoms with E-state index in [0.29, 0.717) is 49.6 Å². The molecule has 0 amide bonds. The summed E-state index contributed by atoms with van der Waals surface area (Å²) >= 11 is 17.3. The van der Waals surface area contributed by atoms with Gasteiger partial charge in [0.1, 0.15) is 11.6 Å². The molecule has 432 valence electrons. The van der Waals surface area contributed by atoms with E-state index in [1.807, 2.05) is 60.7 Å². The van der Waals surface area contributed by atoms with E-state index in [4.69, 9.17) is 64.3 Å². The molecule has 2 saturated heterocycles. The van der Waals surface area contributed by atoms with Crippen molar-refractivity contribution in [3.05, 3.63) is 213 Å². The Morgan fingerprint density at radius 1 is 0.550 bits per heavy atom. The van der Waals surface area contributed by atoms with Crippen LogP contribution in [0.15, 0.2) is 146 Å². The van der Waals surface area contributed by atoms with Crippen molar-refractivity contribution in [1.29, 1.82) is 5.41 Å². The molecule has 0 bridgehead atoms. The first-order chi connectivity index (χ1) is 37.4. The van der Waals surface area contributed by atoms with Crippen LogP contribution in [0.1, 0.15) is 120 Å². The first kappa shape index (κ1) is 63.8. The molecule has 8 rings (SSSR count). The highest BCUT2D eigenvalue weighted by Crippen LogP contribution is 2.42. The number of aryl methyl sites for hydroxylation is 1. The maximum atomic E-state index is 13.7. The zero-order valence-electron chi connectivity index (χ0n) is 43.6. The third-order valence-electron chi connectivity index (χ3n) is 13.3. The van der Waals surface area contributed by atoms with Gasteiger partial charge in [0.05, 0.1) is 54.2 Å². The number of aliphatic hydroxyl groups excluding tert-OH is 1. The van der Waals surface area contributed by atoms with Gasteiger partial charge in [0, 0.05) is 25.2 Å². The molecule has 2 aliphatic heterocycles. The maximum absolute atomic E-state index is 13.7. The van der Waals surface area contributed by atoms with Crippen LogP contribution in [-0.2, 0) is 37.5 Å². The van der Waals surface area contributed by atoms with Crippen molar-refractivity contribution in [2.45, 2.75) is 106 Å². The summed E-state index contributed by atoms with van der Waals surface area (Å²) < 4.78 is 163. The van der Waals surface area contributed by atoms with E-state index in [1.54, 1.807) is 44.2 Å². The molecule has 0 aromatic heterocycles. The Labute approximate surface area is 471 Å². The molecule has 0 radical (unpaired) electrons. The third-order valence-corrected chi connectivity index (χ3v) is 13.8. The second-order valence-electron chi connectivity index (χ2n) is 19.0. The van der Waals surface area contributed by atoms with Crippen LogP contribution in [0, 0.1) is 24.0 Å². The van der Waals surface area contributed by atoms with Crippen LogP contribution in [-0.4, -0.2) is 63.5 Å². The quantitative estimate of drug-likeness (QED) is 0.0578. The van der Waals surface area contributed by atoms with Gasteiger partial charge in [0.25, 0.3) is 3.79 Å². The monoisotopic (exact) mass is 1190 g/mol. The van der Waals surface area contributed by atoms with Crippen molar-refractivity contribution >= 4 is 40.7 Å². The summed E-state index contributed by atoms with van der Waals surface area (Å²) in [7, 11) is 0. The summed E-state index contributed by atoms with van der Waals surface area (Å²) in [6.07, 6.45) is -17.9. The van der Waals surface area contributed by atoms with Crippen LogP contribution in [0.25, 0.3) is 0 Å². The van der Waals surface area contributed by atoms with Gasteiger partial charge in [-0.2, -0.15) is 39.5 Å². The average molecular weight is 1190 g/mol. The Kier molecular flexibility index (Phi) is 21.7. The molecule has 2 unspecified atom stereocenters. The number of morpholine rings is 2. The number of aliphatic hydroxyl groups is 1. The Morgan fingerprint density at radius 2 is 0.938 bits per heavy atom. The summed E-state index contributed by atoms with van der Waals surface area (Å²) in [6, 6.07) is 36.5. The SMILES string of the molecule is C[C@@H](O)c1cc(C(F)(F)F)cc(C(F)(F)F)c1.C[C@H](c1ccccc1)N1CCOC(OC(=N)C(Cl)(Cl)Cl)[C@H]1c1ccc(F)cc1.Cc1cc([C@@H](C)OC2OCCN([C@H](C)c3ccccc3)[C@@H]2c2ccc(F)cc2)cc(C(F)(F)F)c1. The summed E-state index contributed by atoms with van der Waals surface area (Å²) in [4.78, 5) is 4.42. The van der Waals surface area contributed by atoms with Crippen molar-refractivity contribution in [3.63, 3.8) is 0 Å². The first-order valence-corrected chi connectivity index (χ1v) is 26.0. The van der Waals surface area contributed by atoms with Crippen LogP contribution < -0.4 is 0 Å². The molecule has 0 spiro atoms. The van der Waals surface area contributed by atoms with E-state index in [0.717, 1.165) is 41.3 Å². The van der Waals surface area contributed by atoms with Crippen molar-refractivity contribution in [2.24, 2.45) is 0 Å². The topological polar surface area (TPSA) is 87.5 Å². The van der Waals surface area contributed by atoms with E-state index in [9.17, 15) is 48.3 Å². The van der Waals surface area contributed by atoms with E-state index in [-0.39, 0.29) is 35.8 Å². The molecule has 6 aromatic carbocycles. The van der Waals surface area contributed by atoms with Crippen LogP contribution >= 0.6 is 34.8 Å². The molecule has 80 heavy (non-hydrogen) atoms. The fourth-order valence-corrected chi connectivity index (χ4v) is 9.29. The maximum Gasteiger partial charge on any atom is 0.416 e. The molecule has 2 N–H and O–H groups in total. The second-order valence-corrected chi connectivity index (χ2v) is 21.3. The van der Waals surface area contributed by atoms with Gasteiger partial charge in [-0.05, 0) is 123 Å². The van der Waals surface area contributed by atoms with Crippen LogP contribution in [0.3, 0.4) is 0 Å². The molecule has 2 aliphatic rings. The molecule has 8 nitrogen and oxygen atoms in total. The normalized spacial score (nSPS) is 20.0. The van der Waals surface area contributed by atoms with Crippen molar-refractivity contribution in [2.75, 3.05) is 26.3 Å². The largest absolute Gasteiger partial charge is 0.446 e. The number of ether oxygens (including phenoxy) is 4. The van der Waals surface area contributed by atoms with Gasteiger partial charge in [-0.1, -0.05) is 131 Å². The minimum absolute atomic E-state index is 0.00682. The fraction of sp³-hybridized carbons (Fsp3) is 0.362. The number of nitrogens with one attached hydrogen (secondary N) is 1. The minimum atomic E-state index is -4.88. The van der Waals surface area contributed by atoms with E-state index in [1.165, 1.54) is 24.3 Å². The van der Waals surface area contributed by atoms with Gasteiger partial charge < -0.3 is 24.1 Å². The number of alkyl halides is 12. The Hall–Kier alpha value is -5.35. The highest BCUT2D eigenvalue weighted by molar-refractivity contribution is 6.76. The molecule has 0 aliphatic carbocycles. The van der Waals surface area contributed by atoms with Gasteiger partial charge >= 0.3 is 18.5 Å². The number of benzene rings is 6. The predicted molar refractivity (Wildman–Crippen MR) is 283 cm³/mol. The van der Waals surface area contributed by atoms with Gasteiger partial charge in [0.2, 0.25) is 12.2 Å². The van der Waals surface area contributed by atoms with E-state index < -0.39 is 81.3 Å². The lowest BCUT2D eigenvalue weighted by atomic mass is 9.98. The van der Waals surface area contributed by atoms with E-state index >= 15 is 0 Å². The summed E-state index contributed by atoms with van der Waals surface area (Å²) in [5, 5.41) is 17.0. The number of halogens is 14. The molecular weight excluding hydrogens is 1130 g/mol. The average Bonchev–Trinajstić information content (AvgIpc) is 3.42. The highest BCUT2D eigenvalue weighted by atomic mass is 35.6. The molecule has 2 heterocycles. The molecule has 0 saturated carbocycles. The standard InChI is InChI=1S/C28H29F4NO2.C20H20Cl3FN2O2.C10H8F6O/c1-18-15-23(17-24(16-18)28(30,31)32)20(3)35-27-26(22-9-11-25(29)12-10-22)33(13-14-34-27)19(2)21-7-5-4-6-8-21;1-13(14-5-3-2-4-6-14)26-11-12-27-18(28-19(25)20(21,22)23)17(26)15-7-9-16(24)10-8-15;1-5(17)6-2-7(9(11,12)13)4-8(3-6)10(14,15)16/h4-12,15-17,19-20,26-27H,13-14H2,1-3H3;2-10,13,17-18,25H,11-12H2,1H3;2-5,17H,1H3/t19-,20-,26-,27?;13-,17-,18?;5-/m111/s1. The number of hydrogen-bond acceptors (Lipinski definition) is 8. The summed E-state index contributed by atoms with van der Waals surface area (Å²) in [6.45, 7) is 10.6. The number of nitrogens with zero attached hydrogens (tertiary/aromatic N) is 2. The third kappa shape index (κ3) is 17.3. The van der Waals surface area contributed by atoms with Crippen LogP contribution in [0.4, 0.5) is 48.3 Å². The summed E-state index contributed by atoms with van der Waals surface area (Å²) in [5.41, 5.74) is 0.766. The fourth-order valence-electron chi connectivity index (χ4n) is 9.16. The Morgan fingerprint density at radius 3 is 1.34 bits per heavy atom. The van der Waals surface area contributed by atoms with Gasteiger partial charge in [-0.15, -0.1) is 0 Å². The zero-order chi connectivity index (χ0) is 58.9. The number of hydrogen-bond donors (Lipinski definition) is 2. The zero-order valence-corrected chi connectivity index (χ0v) is 45.8. The molecule has 8 atom stereocenters. The van der Waals surface area contributed by atoms with Crippen molar-refractivity contribution < 1.29 is 72.3 Å². The Balaban J connectivity index is 0.000000205. The van der Waals surface area contributed by atoms with Crippen LogP contribution in [0.5, 0.6) is 0 Å². The van der Waals surface area contributed by atoms with Gasteiger partial charge in [0.15, 0.2) is 6.29 Å². The molecule has 22 heteroatoms. The second kappa shape index (κ2) is 27.2. The lowest BCUT2D eigenvalue weighted by Gasteiger charge is -2.45. The van der Waals surface area contributed by atoms with E-state index in [2.05, 4.69) is 23.6 Å². The minimum Gasteiger partial charge on any atom is -0.446 e. The van der Waals surface area contributed by atoms with Crippen molar-refractivity contribution in [1.82, 2.24) is 9.80 Å². The van der Waals surface area contributed by atoms with Gasteiger partial charge in [-0.3, -0.25) is 15.2 Å². The highest BCUT2D eigenvalue weighted by Gasteiger charge is 2.43. The molecule has 2 fully saturated rings. The molecular formula is C58H57Cl3F11N3O5. The smallest absolute Gasteiger partial charge is 0.416 e. The van der Waals surface area contributed by atoms with Gasteiger partial charge in [-0.25, -0.2) is 8.78 Å². The number of rotatable bonds is 11. The predicted octanol–water partition coefficient (Wildman–Crippen LogP) is 16.8. The van der Waals surface area contributed by atoms with Crippen molar-refractivity contribution in [3.8, 4) is 0 Å². The lowest BCUT2D eigenvalue weighted by Crippen LogP contribution is -2.48.